The summed E-state index contributed by atoms with van der Waals surface area (Å²) in [6.07, 6.45) is 0.00987. The number of amides is 1. The van der Waals surface area contributed by atoms with Gasteiger partial charge in [0.15, 0.2) is 5.82 Å². The zero-order valence-electron chi connectivity index (χ0n) is 16.1. The van der Waals surface area contributed by atoms with Gasteiger partial charge in [-0.3, -0.25) is 9.89 Å². The minimum atomic E-state index is -2.66. The molecule has 1 amide bonds. The summed E-state index contributed by atoms with van der Waals surface area (Å²) in [5.74, 6) is 1.11. The van der Waals surface area contributed by atoms with Gasteiger partial charge in [-0.15, -0.1) is 11.3 Å². The van der Waals surface area contributed by atoms with Gasteiger partial charge >= 0.3 is 0 Å². The second-order valence-corrected chi connectivity index (χ2v) is 8.00. The fourth-order valence-electron chi connectivity index (χ4n) is 3.53. The number of benzene rings is 1. The third-order valence-electron chi connectivity index (χ3n) is 5.08. The molecular formula is C20H17F2N7OS. The molecule has 4 heterocycles. The fourth-order valence-corrected chi connectivity index (χ4v) is 4.35. The molecule has 0 bridgehead atoms. The maximum Gasteiger partial charge on any atom is 0.281 e. The molecule has 31 heavy (non-hydrogen) atoms. The Hall–Kier alpha value is -3.47. The van der Waals surface area contributed by atoms with Crippen LogP contribution in [-0.4, -0.2) is 41.9 Å². The number of aromatic amines is 1. The highest BCUT2D eigenvalue weighted by Crippen LogP contribution is 2.30. The second kappa shape index (κ2) is 7.99. The Morgan fingerprint density at radius 3 is 2.87 bits per heavy atom. The molecule has 158 valence electrons. The van der Waals surface area contributed by atoms with Crippen molar-refractivity contribution in [1.29, 1.82) is 0 Å². The van der Waals surface area contributed by atoms with E-state index in [1.54, 1.807) is 0 Å². The Morgan fingerprint density at radius 1 is 1.26 bits per heavy atom. The van der Waals surface area contributed by atoms with Gasteiger partial charge in [-0.05, 0) is 6.42 Å². The third-order valence-corrected chi connectivity index (χ3v) is 5.97. The van der Waals surface area contributed by atoms with Gasteiger partial charge in [0.25, 0.3) is 12.3 Å². The smallest absolute Gasteiger partial charge is 0.281 e. The predicted octanol–water partition coefficient (Wildman–Crippen LogP) is 3.47. The molecule has 0 radical (unpaired) electrons. The first-order valence-corrected chi connectivity index (χ1v) is 10.5. The number of H-pyrrole nitrogens is 1. The minimum absolute atomic E-state index is 0.128. The molecule has 1 atom stereocenters. The number of nitrogens with one attached hydrogen (secondary N) is 2. The maximum atomic E-state index is 12.9. The average Bonchev–Trinajstić information content (AvgIpc) is 3.52. The minimum Gasteiger partial charge on any atom is -0.347 e. The van der Waals surface area contributed by atoms with Crippen LogP contribution in [0.5, 0.6) is 0 Å². The predicted molar refractivity (Wildman–Crippen MR) is 110 cm³/mol. The number of carbonyl (C=O) groups is 1. The maximum absolute atomic E-state index is 12.9. The first kappa shape index (κ1) is 19.5. The van der Waals surface area contributed by atoms with Crippen molar-refractivity contribution in [2.24, 2.45) is 0 Å². The van der Waals surface area contributed by atoms with Gasteiger partial charge in [0.2, 0.25) is 0 Å². The molecule has 11 heteroatoms. The van der Waals surface area contributed by atoms with Gasteiger partial charge < -0.3 is 5.32 Å². The van der Waals surface area contributed by atoms with Crippen molar-refractivity contribution in [3.8, 4) is 22.0 Å². The van der Waals surface area contributed by atoms with Crippen molar-refractivity contribution < 1.29 is 13.6 Å². The number of alkyl halides is 2. The molecule has 2 N–H and O–H groups in total. The lowest BCUT2D eigenvalue weighted by molar-refractivity contribution is 0.0925. The van der Waals surface area contributed by atoms with E-state index in [2.05, 4.69) is 30.6 Å². The number of carbonyl (C=O) groups excluding carboxylic acids is 1. The average molecular weight is 441 g/mol. The van der Waals surface area contributed by atoms with E-state index in [0.29, 0.717) is 35.8 Å². The number of rotatable bonds is 5. The Labute approximate surface area is 179 Å². The molecule has 4 aromatic rings. The van der Waals surface area contributed by atoms with Gasteiger partial charge in [-0.2, -0.15) is 10.2 Å². The molecule has 5 rings (SSSR count). The van der Waals surface area contributed by atoms with Crippen molar-refractivity contribution >= 4 is 17.2 Å². The summed E-state index contributed by atoms with van der Waals surface area (Å²) in [7, 11) is 0. The number of fused-ring (bicyclic) bond motifs is 1. The van der Waals surface area contributed by atoms with E-state index in [9.17, 15) is 13.6 Å². The van der Waals surface area contributed by atoms with Crippen LogP contribution in [0.2, 0.25) is 0 Å². The zero-order valence-corrected chi connectivity index (χ0v) is 16.9. The summed E-state index contributed by atoms with van der Waals surface area (Å²) in [5, 5.41) is 15.7. The van der Waals surface area contributed by atoms with Gasteiger partial charge in [-0.1, -0.05) is 30.3 Å². The first-order chi connectivity index (χ1) is 15.1. The van der Waals surface area contributed by atoms with Crippen LogP contribution in [0.4, 0.5) is 8.78 Å². The van der Waals surface area contributed by atoms with E-state index >= 15 is 0 Å². The van der Waals surface area contributed by atoms with E-state index in [1.165, 1.54) is 11.6 Å². The molecule has 1 aromatic carbocycles. The van der Waals surface area contributed by atoms with Crippen LogP contribution in [0.15, 0.2) is 41.9 Å². The van der Waals surface area contributed by atoms with E-state index in [4.69, 9.17) is 0 Å². The zero-order chi connectivity index (χ0) is 21.4. The Balaban J connectivity index is 1.30. The van der Waals surface area contributed by atoms with E-state index in [1.807, 2.05) is 35.0 Å². The monoisotopic (exact) mass is 441 g/mol. The standard InChI is InChI=1S/C20H17F2N7OS/c21-17(22)14-10-31-20(25-14)13-9-23-27-16(13)19(30)24-12-6-7-29-15(8-12)26-18(28-29)11-4-2-1-3-5-11/h1-5,9-10,12,17H,6-8H2,(H,23,27)(H,24,30). The number of halogens is 2. The Morgan fingerprint density at radius 2 is 2.10 bits per heavy atom. The van der Waals surface area contributed by atoms with Crippen LogP contribution in [0.1, 0.15) is 34.9 Å². The SMILES string of the molecule is O=C(NC1CCn2nc(-c3ccccc3)nc2C1)c1[nH]ncc1-c1nc(C(F)F)cs1. The number of aryl methyl sites for hydroxylation is 1. The Bertz CT molecular complexity index is 1220. The molecule has 0 spiro atoms. The highest BCUT2D eigenvalue weighted by Gasteiger charge is 2.26. The molecule has 0 aliphatic carbocycles. The first-order valence-electron chi connectivity index (χ1n) is 9.66. The number of hydrogen-bond donors (Lipinski definition) is 2. The molecule has 3 aromatic heterocycles. The van der Waals surface area contributed by atoms with E-state index < -0.39 is 6.43 Å². The third kappa shape index (κ3) is 3.83. The largest absolute Gasteiger partial charge is 0.347 e. The summed E-state index contributed by atoms with van der Waals surface area (Å²) in [6.45, 7) is 0.639. The lowest BCUT2D eigenvalue weighted by Gasteiger charge is -2.23. The molecule has 0 saturated heterocycles. The van der Waals surface area contributed by atoms with Crippen LogP contribution in [0.25, 0.3) is 22.0 Å². The number of thiazole rings is 1. The van der Waals surface area contributed by atoms with Crippen molar-refractivity contribution in [2.75, 3.05) is 0 Å². The van der Waals surface area contributed by atoms with Crippen LogP contribution in [0.3, 0.4) is 0 Å². The number of aromatic nitrogens is 6. The summed E-state index contributed by atoms with van der Waals surface area (Å²) < 4.78 is 27.6. The molecule has 0 saturated carbocycles. The highest BCUT2D eigenvalue weighted by molar-refractivity contribution is 7.13. The Kier molecular flexibility index (Phi) is 5.02. The van der Waals surface area contributed by atoms with Crippen LogP contribution in [-0.2, 0) is 13.0 Å². The molecule has 1 aliphatic rings. The van der Waals surface area contributed by atoms with E-state index in [-0.39, 0.29) is 23.3 Å². The van der Waals surface area contributed by atoms with Crippen LogP contribution >= 0.6 is 11.3 Å². The molecule has 0 fully saturated rings. The normalized spacial score (nSPS) is 15.8. The van der Waals surface area contributed by atoms with Crippen molar-refractivity contribution in [1.82, 2.24) is 35.3 Å². The fraction of sp³-hybridized carbons (Fsp3) is 0.250. The van der Waals surface area contributed by atoms with Crippen molar-refractivity contribution in [3.05, 3.63) is 59.1 Å². The van der Waals surface area contributed by atoms with Gasteiger partial charge in [0, 0.05) is 30.0 Å². The second-order valence-electron chi connectivity index (χ2n) is 7.14. The summed E-state index contributed by atoms with van der Waals surface area (Å²) in [4.78, 5) is 21.4. The number of nitrogens with zero attached hydrogens (tertiary/aromatic N) is 5. The van der Waals surface area contributed by atoms with Gasteiger partial charge in [-0.25, -0.2) is 23.4 Å². The van der Waals surface area contributed by atoms with Crippen LogP contribution in [0, 0.1) is 0 Å². The quantitative estimate of drug-likeness (QED) is 0.494. The summed E-state index contributed by atoms with van der Waals surface area (Å²) >= 11 is 1.05. The topological polar surface area (TPSA) is 101 Å². The van der Waals surface area contributed by atoms with Gasteiger partial charge in [0.1, 0.15) is 22.2 Å². The molecular weight excluding hydrogens is 424 g/mol. The molecule has 1 aliphatic heterocycles. The summed E-state index contributed by atoms with van der Waals surface area (Å²) in [6, 6.07) is 9.60. The van der Waals surface area contributed by atoms with Crippen molar-refractivity contribution in [2.45, 2.75) is 31.9 Å². The lowest BCUT2D eigenvalue weighted by atomic mass is 10.1. The van der Waals surface area contributed by atoms with Crippen molar-refractivity contribution in [3.63, 3.8) is 0 Å². The highest BCUT2D eigenvalue weighted by atomic mass is 32.1. The van der Waals surface area contributed by atoms with Crippen LogP contribution < -0.4 is 5.32 Å². The molecule has 8 nitrogen and oxygen atoms in total. The summed E-state index contributed by atoms with van der Waals surface area (Å²) in [5.41, 5.74) is 1.24. The lowest BCUT2D eigenvalue weighted by Crippen LogP contribution is -2.40. The molecule has 1 unspecified atom stereocenters. The number of hydrogen-bond acceptors (Lipinski definition) is 6. The van der Waals surface area contributed by atoms with E-state index in [0.717, 1.165) is 22.7 Å². The van der Waals surface area contributed by atoms with Gasteiger partial charge in [0.05, 0.1) is 11.8 Å².